The molecule has 2 N–H and O–H groups in total. The Balaban J connectivity index is 1.47. The third-order valence-corrected chi connectivity index (χ3v) is 3.82. The summed E-state index contributed by atoms with van der Waals surface area (Å²) in [6.07, 6.45) is 6.31. The number of halogens is 1. The maximum absolute atomic E-state index is 13.4. The van der Waals surface area contributed by atoms with E-state index in [1.807, 2.05) is 6.07 Å². The Morgan fingerprint density at radius 1 is 1.25 bits per heavy atom. The largest absolute Gasteiger partial charge is 0.368 e. The zero-order valence-corrected chi connectivity index (χ0v) is 13.2. The van der Waals surface area contributed by atoms with Crippen molar-refractivity contribution in [2.75, 3.05) is 36.4 Å². The Hall–Kier alpha value is -2.77. The van der Waals surface area contributed by atoms with E-state index in [0.717, 1.165) is 25.1 Å². The molecule has 126 valence electrons. The topological polar surface area (TPSA) is 83.0 Å². The van der Waals surface area contributed by atoms with Gasteiger partial charge in [-0.2, -0.15) is 0 Å². The summed E-state index contributed by atoms with van der Waals surface area (Å²) in [7, 11) is 0. The molecule has 0 aliphatic carbocycles. The third-order valence-electron chi connectivity index (χ3n) is 3.82. The summed E-state index contributed by atoms with van der Waals surface area (Å²) in [5.41, 5.74) is -0.0108. The summed E-state index contributed by atoms with van der Waals surface area (Å²) in [6.45, 7) is 2.87. The second-order valence-corrected chi connectivity index (χ2v) is 5.49. The average molecular weight is 330 g/mol. The number of hydrogen-bond acceptors (Lipinski definition) is 6. The molecule has 8 heteroatoms. The highest BCUT2D eigenvalue weighted by molar-refractivity contribution is 5.94. The van der Waals surface area contributed by atoms with Gasteiger partial charge in [-0.1, -0.05) is 0 Å². The monoisotopic (exact) mass is 330 g/mol. The van der Waals surface area contributed by atoms with Gasteiger partial charge in [0, 0.05) is 38.4 Å². The molecule has 1 amide bonds. The first-order chi connectivity index (χ1) is 11.7. The number of carbonyl (C=O) groups excluding carboxylic acids is 1. The second-order valence-electron chi connectivity index (χ2n) is 5.49. The smallest absolute Gasteiger partial charge is 0.254 e. The van der Waals surface area contributed by atoms with Gasteiger partial charge in [-0.3, -0.25) is 9.78 Å². The zero-order valence-electron chi connectivity index (χ0n) is 13.2. The highest BCUT2D eigenvalue weighted by Gasteiger charge is 2.14. The van der Waals surface area contributed by atoms with Crippen LogP contribution in [-0.2, 0) is 0 Å². The summed E-state index contributed by atoms with van der Waals surface area (Å²) in [6, 6.07) is 3.25. The fourth-order valence-corrected chi connectivity index (χ4v) is 2.58. The van der Waals surface area contributed by atoms with E-state index in [4.69, 9.17) is 0 Å². The van der Waals surface area contributed by atoms with Gasteiger partial charge in [0.15, 0.2) is 5.82 Å². The van der Waals surface area contributed by atoms with Crippen molar-refractivity contribution in [2.24, 2.45) is 0 Å². The molecule has 7 nitrogen and oxygen atoms in total. The van der Waals surface area contributed by atoms with Gasteiger partial charge in [-0.05, 0) is 18.9 Å². The van der Waals surface area contributed by atoms with Crippen LogP contribution in [0.5, 0.6) is 0 Å². The molecule has 3 rings (SSSR count). The standard InChI is InChI=1S/C16H19FN6O/c17-13-10-18-4-3-12(13)16(24)20-6-5-19-14-9-15(22-11-21-14)23-7-1-2-8-23/h3-4,9-11H,1-2,5-8H2,(H,20,24)(H,19,21,22). The fraction of sp³-hybridized carbons (Fsp3) is 0.375. The number of nitrogens with one attached hydrogen (secondary N) is 2. The van der Waals surface area contributed by atoms with Crippen molar-refractivity contribution in [3.8, 4) is 0 Å². The number of carbonyl (C=O) groups is 1. The van der Waals surface area contributed by atoms with Gasteiger partial charge in [0.25, 0.3) is 5.91 Å². The van der Waals surface area contributed by atoms with Gasteiger partial charge in [0.05, 0.1) is 11.8 Å². The van der Waals surface area contributed by atoms with Gasteiger partial charge in [0.2, 0.25) is 0 Å². The SMILES string of the molecule is O=C(NCCNc1cc(N2CCCC2)ncn1)c1ccncc1F. The molecule has 0 aromatic carbocycles. The van der Waals surface area contributed by atoms with Crippen LogP contribution < -0.4 is 15.5 Å². The van der Waals surface area contributed by atoms with Gasteiger partial charge in [0.1, 0.15) is 18.0 Å². The van der Waals surface area contributed by atoms with Crippen LogP contribution in [0.3, 0.4) is 0 Å². The molecule has 0 bridgehead atoms. The van der Waals surface area contributed by atoms with Crippen LogP contribution in [0.2, 0.25) is 0 Å². The first-order valence-corrected chi connectivity index (χ1v) is 7.92. The zero-order chi connectivity index (χ0) is 16.8. The Bertz CT molecular complexity index is 704. The number of aromatic nitrogens is 3. The van der Waals surface area contributed by atoms with Crippen molar-refractivity contribution < 1.29 is 9.18 Å². The Labute approximate surface area is 139 Å². The maximum Gasteiger partial charge on any atom is 0.254 e. The highest BCUT2D eigenvalue weighted by Crippen LogP contribution is 2.18. The van der Waals surface area contributed by atoms with E-state index >= 15 is 0 Å². The summed E-state index contributed by atoms with van der Waals surface area (Å²) in [4.78, 5) is 26.2. The van der Waals surface area contributed by atoms with Crippen LogP contribution in [0.1, 0.15) is 23.2 Å². The molecule has 0 radical (unpaired) electrons. The summed E-state index contributed by atoms with van der Waals surface area (Å²) < 4.78 is 13.4. The molecule has 0 atom stereocenters. The lowest BCUT2D eigenvalue weighted by Crippen LogP contribution is -2.29. The van der Waals surface area contributed by atoms with Crippen LogP contribution in [0.25, 0.3) is 0 Å². The first kappa shape index (κ1) is 16.1. The molecule has 3 heterocycles. The Kier molecular flexibility index (Phi) is 5.15. The number of pyridine rings is 1. The molecule has 0 unspecified atom stereocenters. The molecular formula is C16H19FN6O. The fourth-order valence-electron chi connectivity index (χ4n) is 2.58. The van der Waals surface area contributed by atoms with E-state index in [1.54, 1.807) is 0 Å². The number of nitrogens with zero attached hydrogens (tertiary/aromatic N) is 4. The van der Waals surface area contributed by atoms with Gasteiger partial charge in [-0.15, -0.1) is 0 Å². The number of hydrogen-bond donors (Lipinski definition) is 2. The van der Waals surface area contributed by atoms with E-state index in [0.29, 0.717) is 18.9 Å². The second kappa shape index (κ2) is 7.67. The third kappa shape index (κ3) is 3.95. The van der Waals surface area contributed by atoms with Crippen molar-refractivity contribution >= 4 is 17.5 Å². The molecule has 1 aliphatic rings. The van der Waals surface area contributed by atoms with Crippen molar-refractivity contribution in [3.63, 3.8) is 0 Å². The first-order valence-electron chi connectivity index (χ1n) is 7.92. The summed E-state index contributed by atoms with van der Waals surface area (Å²) in [5.74, 6) is 0.523. The molecular weight excluding hydrogens is 311 g/mol. The van der Waals surface area contributed by atoms with E-state index in [-0.39, 0.29) is 5.56 Å². The molecule has 2 aromatic rings. The predicted molar refractivity (Wildman–Crippen MR) is 88.5 cm³/mol. The van der Waals surface area contributed by atoms with Crippen LogP contribution in [0.4, 0.5) is 16.0 Å². The van der Waals surface area contributed by atoms with Crippen molar-refractivity contribution in [1.82, 2.24) is 20.3 Å². The molecule has 1 fully saturated rings. The summed E-state index contributed by atoms with van der Waals surface area (Å²) in [5, 5.41) is 5.79. The van der Waals surface area contributed by atoms with Gasteiger partial charge in [-0.25, -0.2) is 14.4 Å². The number of anilines is 2. The minimum Gasteiger partial charge on any atom is -0.368 e. The molecule has 24 heavy (non-hydrogen) atoms. The van der Waals surface area contributed by atoms with E-state index < -0.39 is 11.7 Å². The predicted octanol–water partition coefficient (Wildman–Crippen LogP) is 1.45. The Morgan fingerprint density at radius 3 is 2.88 bits per heavy atom. The molecule has 0 saturated carbocycles. The van der Waals surface area contributed by atoms with Gasteiger partial charge < -0.3 is 15.5 Å². The highest BCUT2D eigenvalue weighted by atomic mass is 19.1. The lowest BCUT2D eigenvalue weighted by Gasteiger charge is -2.16. The Morgan fingerprint density at radius 2 is 2.08 bits per heavy atom. The van der Waals surface area contributed by atoms with E-state index in [1.165, 1.54) is 31.4 Å². The molecule has 0 spiro atoms. The number of rotatable bonds is 6. The van der Waals surface area contributed by atoms with E-state index in [9.17, 15) is 9.18 Å². The van der Waals surface area contributed by atoms with Crippen LogP contribution in [0.15, 0.2) is 30.9 Å². The van der Waals surface area contributed by atoms with Crippen molar-refractivity contribution in [2.45, 2.75) is 12.8 Å². The normalized spacial score (nSPS) is 13.8. The minimum absolute atomic E-state index is 0.0108. The molecule has 1 aliphatic heterocycles. The molecule has 2 aromatic heterocycles. The lowest BCUT2D eigenvalue weighted by molar-refractivity contribution is 0.0951. The van der Waals surface area contributed by atoms with Crippen LogP contribution in [0, 0.1) is 5.82 Å². The van der Waals surface area contributed by atoms with E-state index in [2.05, 4.69) is 30.5 Å². The lowest BCUT2D eigenvalue weighted by atomic mass is 10.2. The average Bonchev–Trinajstić information content (AvgIpc) is 3.14. The number of amides is 1. The van der Waals surface area contributed by atoms with Crippen molar-refractivity contribution in [1.29, 1.82) is 0 Å². The quantitative estimate of drug-likeness (QED) is 0.780. The van der Waals surface area contributed by atoms with Crippen LogP contribution >= 0.6 is 0 Å². The minimum atomic E-state index is -0.631. The van der Waals surface area contributed by atoms with Gasteiger partial charge >= 0.3 is 0 Å². The summed E-state index contributed by atoms with van der Waals surface area (Å²) >= 11 is 0. The van der Waals surface area contributed by atoms with Crippen molar-refractivity contribution in [3.05, 3.63) is 42.2 Å². The maximum atomic E-state index is 13.4. The van der Waals surface area contributed by atoms with Crippen LogP contribution in [-0.4, -0.2) is 47.0 Å². The molecule has 1 saturated heterocycles.